The van der Waals surface area contributed by atoms with Gasteiger partial charge in [-0.25, -0.2) is 0 Å². The van der Waals surface area contributed by atoms with E-state index in [0.717, 1.165) is 5.56 Å². The molecule has 0 amide bonds. The highest BCUT2D eigenvalue weighted by atomic mass is 31.2. The van der Waals surface area contributed by atoms with Gasteiger partial charge in [-0.2, -0.15) is 0 Å². The van der Waals surface area contributed by atoms with Crippen LogP contribution in [-0.2, 0) is 15.7 Å². The highest BCUT2D eigenvalue weighted by molar-refractivity contribution is 7.61. The first-order valence-electron chi connectivity index (χ1n) is 3.26. The third-order valence-corrected chi connectivity index (χ3v) is 3.22. The maximum Gasteiger partial charge on any atom is 0.359 e. The van der Waals surface area contributed by atoms with Crippen LogP contribution in [0.3, 0.4) is 0 Å². The van der Waals surface area contributed by atoms with Gasteiger partial charge in [0.1, 0.15) is 0 Å². The van der Waals surface area contributed by atoms with Crippen LogP contribution in [0, 0.1) is 0 Å². The standard InChI is InChI=1S/C7H7O3P/c8-11(9)7-4-2-1-3-6(7)5-10-11/h1-4H,5H2,(H,8,9). The molecule has 0 aliphatic carbocycles. The van der Waals surface area contributed by atoms with Crippen LogP contribution in [0.15, 0.2) is 24.3 Å². The summed E-state index contributed by atoms with van der Waals surface area (Å²) in [7, 11) is -3.43. The highest BCUT2D eigenvalue weighted by Crippen LogP contribution is 2.47. The van der Waals surface area contributed by atoms with Gasteiger partial charge < -0.3 is 9.42 Å². The van der Waals surface area contributed by atoms with Gasteiger partial charge >= 0.3 is 7.60 Å². The lowest BCUT2D eigenvalue weighted by molar-refractivity contribution is 0.274. The van der Waals surface area contributed by atoms with Gasteiger partial charge in [-0.3, -0.25) is 4.57 Å². The summed E-state index contributed by atoms with van der Waals surface area (Å²) >= 11 is 0. The summed E-state index contributed by atoms with van der Waals surface area (Å²) in [5.41, 5.74) is 0.818. The van der Waals surface area contributed by atoms with Gasteiger partial charge in [-0.05, 0) is 11.6 Å². The fourth-order valence-corrected chi connectivity index (χ4v) is 2.36. The number of fused-ring (bicyclic) bond motifs is 1. The molecular weight excluding hydrogens is 163 g/mol. The van der Waals surface area contributed by atoms with E-state index in [0.29, 0.717) is 5.30 Å². The summed E-state index contributed by atoms with van der Waals surface area (Å²) in [6, 6.07) is 6.98. The van der Waals surface area contributed by atoms with E-state index >= 15 is 0 Å². The molecule has 1 heterocycles. The van der Waals surface area contributed by atoms with Gasteiger partial charge in [0.2, 0.25) is 0 Å². The molecule has 3 nitrogen and oxygen atoms in total. The van der Waals surface area contributed by atoms with Crippen molar-refractivity contribution in [2.45, 2.75) is 6.61 Å². The first-order chi connectivity index (χ1) is 5.20. The topological polar surface area (TPSA) is 46.5 Å². The predicted molar refractivity (Wildman–Crippen MR) is 40.7 cm³/mol. The van der Waals surface area contributed by atoms with E-state index in [-0.39, 0.29) is 6.61 Å². The van der Waals surface area contributed by atoms with Crippen molar-refractivity contribution >= 4 is 12.9 Å². The van der Waals surface area contributed by atoms with E-state index in [2.05, 4.69) is 0 Å². The molecule has 0 radical (unpaired) electrons. The minimum Gasteiger partial charge on any atom is -0.321 e. The summed E-state index contributed by atoms with van der Waals surface area (Å²) < 4.78 is 15.9. The van der Waals surface area contributed by atoms with E-state index in [1.807, 2.05) is 6.07 Å². The Morgan fingerprint density at radius 2 is 2.18 bits per heavy atom. The Balaban J connectivity index is 2.65. The molecule has 0 bridgehead atoms. The fraction of sp³-hybridized carbons (Fsp3) is 0.143. The summed E-state index contributed by atoms with van der Waals surface area (Å²) in [5, 5.41) is 0.444. The monoisotopic (exact) mass is 170 g/mol. The Morgan fingerprint density at radius 3 is 2.91 bits per heavy atom. The average Bonchev–Trinajstić information content (AvgIpc) is 2.29. The van der Waals surface area contributed by atoms with Crippen LogP contribution in [0.1, 0.15) is 5.56 Å². The zero-order chi connectivity index (χ0) is 7.90. The number of rotatable bonds is 0. The van der Waals surface area contributed by atoms with Crippen molar-refractivity contribution in [2.75, 3.05) is 0 Å². The van der Waals surface area contributed by atoms with Crippen LogP contribution in [0.5, 0.6) is 0 Å². The maximum atomic E-state index is 11.2. The van der Waals surface area contributed by atoms with Gasteiger partial charge in [0.15, 0.2) is 0 Å². The minimum atomic E-state index is -3.43. The maximum absolute atomic E-state index is 11.2. The Kier molecular flexibility index (Phi) is 1.39. The molecule has 11 heavy (non-hydrogen) atoms. The smallest absolute Gasteiger partial charge is 0.321 e. The van der Waals surface area contributed by atoms with Crippen LogP contribution in [0.25, 0.3) is 0 Å². The van der Waals surface area contributed by atoms with Crippen molar-refractivity contribution in [3.05, 3.63) is 29.8 Å². The van der Waals surface area contributed by atoms with Crippen LogP contribution < -0.4 is 5.30 Å². The van der Waals surface area contributed by atoms with Gasteiger partial charge in [0, 0.05) is 0 Å². The summed E-state index contributed by atoms with van der Waals surface area (Å²) in [6.45, 7) is 0.254. The highest BCUT2D eigenvalue weighted by Gasteiger charge is 2.31. The SMILES string of the molecule is O=P1(O)OCc2ccccc21. The van der Waals surface area contributed by atoms with Crippen molar-refractivity contribution in [1.82, 2.24) is 0 Å². The molecule has 1 N–H and O–H groups in total. The minimum absolute atomic E-state index is 0.254. The molecule has 0 saturated heterocycles. The van der Waals surface area contributed by atoms with E-state index in [4.69, 9.17) is 4.52 Å². The zero-order valence-electron chi connectivity index (χ0n) is 5.73. The van der Waals surface area contributed by atoms with Crippen LogP contribution in [-0.4, -0.2) is 4.89 Å². The lowest BCUT2D eigenvalue weighted by Crippen LogP contribution is -2.01. The second kappa shape index (κ2) is 2.18. The van der Waals surface area contributed by atoms with Crippen molar-refractivity contribution in [2.24, 2.45) is 0 Å². The van der Waals surface area contributed by atoms with Gasteiger partial charge in [-0.15, -0.1) is 0 Å². The fourth-order valence-electron chi connectivity index (χ4n) is 1.14. The number of benzene rings is 1. The van der Waals surface area contributed by atoms with E-state index < -0.39 is 7.60 Å². The Hall–Kier alpha value is -0.630. The van der Waals surface area contributed by atoms with Gasteiger partial charge in [0.25, 0.3) is 0 Å². The second-order valence-electron chi connectivity index (χ2n) is 2.42. The van der Waals surface area contributed by atoms with Gasteiger partial charge in [0.05, 0.1) is 11.9 Å². The molecule has 1 aromatic carbocycles. The molecule has 0 fully saturated rings. The Bertz CT molecular complexity index is 334. The molecule has 2 rings (SSSR count). The number of hydrogen-bond acceptors (Lipinski definition) is 2. The molecule has 1 aliphatic rings. The van der Waals surface area contributed by atoms with Crippen molar-refractivity contribution < 1.29 is 14.0 Å². The Labute approximate surface area is 64.2 Å². The number of hydrogen-bond donors (Lipinski definition) is 1. The van der Waals surface area contributed by atoms with E-state index in [9.17, 15) is 9.46 Å². The molecular formula is C7H7O3P. The average molecular weight is 170 g/mol. The first-order valence-corrected chi connectivity index (χ1v) is 4.84. The first kappa shape index (κ1) is 7.04. The third kappa shape index (κ3) is 1.02. The molecule has 58 valence electrons. The predicted octanol–water partition coefficient (Wildman–Crippen LogP) is 1.03. The van der Waals surface area contributed by atoms with E-state index in [1.54, 1.807) is 18.2 Å². The van der Waals surface area contributed by atoms with Crippen molar-refractivity contribution in [1.29, 1.82) is 0 Å². The van der Waals surface area contributed by atoms with Crippen LogP contribution in [0.2, 0.25) is 0 Å². The third-order valence-electron chi connectivity index (χ3n) is 1.69. The lowest BCUT2D eigenvalue weighted by atomic mass is 10.2. The lowest BCUT2D eigenvalue weighted by Gasteiger charge is -2.00. The largest absolute Gasteiger partial charge is 0.359 e. The summed E-state index contributed by atoms with van der Waals surface area (Å²) in [6.07, 6.45) is 0. The molecule has 0 spiro atoms. The molecule has 0 saturated carbocycles. The van der Waals surface area contributed by atoms with Crippen LogP contribution >= 0.6 is 7.60 Å². The molecule has 1 unspecified atom stereocenters. The summed E-state index contributed by atoms with van der Waals surface area (Å²) in [4.78, 5) is 9.18. The normalized spacial score (nSPS) is 28.5. The second-order valence-corrected chi connectivity index (χ2v) is 4.20. The quantitative estimate of drug-likeness (QED) is 0.591. The molecule has 4 heteroatoms. The van der Waals surface area contributed by atoms with Crippen molar-refractivity contribution in [3.8, 4) is 0 Å². The van der Waals surface area contributed by atoms with Crippen molar-refractivity contribution in [3.63, 3.8) is 0 Å². The molecule has 1 aliphatic heterocycles. The van der Waals surface area contributed by atoms with Crippen LogP contribution in [0.4, 0.5) is 0 Å². The molecule has 1 aromatic rings. The zero-order valence-corrected chi connectivity index (χ0v) is 6.62. The van der Waals surface area contributed by atoms with Gasteiger partial charge in [-0.1, -0.05) is 18.2 Å². The summed E-state index contributed by atoms with van der Waals surface area (Å²) in [5.74, 6) is 0. The molecule has 1 atom stereocenters. The molecule has 0 aromatic heterocycles. The van der Waals surface area contributed by atoms with E-state index in [1.165, 1.54) is 0 Å². The Morgan fingerprint density at radius 1 is 1.45 bits per heavy atom.